The Hall–Kier alpha value is -3.32. The van der Waals surface area contributed by atoms with E-state index in [0.29, 0.717) is 23.0 Å². The summed E-state index contributed by atoms with van der Waals surface area (Å²) in [7, 11) is 1.67. The maximum absolute atomic E-state index is 12.8. The number of carbonyl (C=O) groups is 2. The Morgan fingerprint density at radius 3 is 3.00 bits per heavy atom. The van der Waals surface area contributed by atoms with Gasteiger partial charge in [-0.2, -0.15) is 0 Å². The molecule has 0 radical (unpaired) electrons. The fourth-order valence-corrected chi connectivity index (χ4v) is 3.35. The Balaban J connectivity index is 1.61. The van der Waals surface area contributed by atoms with E-state index in [1.807, 2.05) is 29.7 Å². The Morgan fingerprint density at radius 2 is 2.26 bits per heavy atom. The molecule has 0 saturated heterocycles. The van der Waals surface area contributed by atoms with Crippen LogP contribution >= 0.6 is 11.6 Å². The van der Waals surface area contributed by atoms with Gasteiger partial charge in [-0.1, -0.05) is 42.5 Å². The van der Waals surface area contributed by atoms with Crippen LogP contribution in [0.25, 0.3) is 0 Å². The summed E-state index contributed by atoms with van der Waals surface area (Å²) >= 11 is 6.05. The van der Waals surface area contributed by atoms with Crippen molar-refractivity contribution in [2.75, 3.05) is 25.1 Å². The van der Waals surface area contributed by atoms with Crippen molar-refractivity contribution < 1.29 is 14.3 Å². The molecule has 1 aliphatic rings. The van der Waals surface area contributed by atoms with Crippen molar-refractivity contribution in [1.82, 2.24) is 14.9 Å². The molecule has 2 aromatic rings. The average Bonchev–Trinajstić information content (AvgIpc) is 3.20. The molecule has 0 fully saturated rings. The first-order chi connectivity index (χ1) is 14.9. The van der Waals surface area contributed by atoms with Crippen molar-refractivity contribution in [2.24, 2.45) is 5.92 Å². The van der Waals surface area contributed by atoms with Gasteiger partial charge in [0.2, 0.25) is 5.91 Å². The molecule has 3 rings (SSSR count). The third kappa shape index (κ3) is 5.44. The van der Waals surface area contributed by atoms with Gasteiger partial charge in [-0.15, -0.1) is 0 Å². The second kappa shape index (κ2) is 10.1. The fourth-order valence-electron chi connectivity index (χ4n) is 3.19. The van der Waals surface area contributed by atoms with E-state index in [-0.39, 0.29) is 30.7 Å². The molecule has 2 heterocycles. The fraction of sp³-hybridized carbons (Fsp3) is 0.261. The summed E-state index contributed by atoms with van der Waals surface area (Å²) in [4.78, 5) is 31.1. The molecule has 0 saturated carbocycles. The topological polar surface area (TPSA) is 76.5 Å². The number of aromatic nitrogens is 2. The van der Waals surface area contributed by atoms with Crippen LogP contribution in [0.1, 0.15) is 17.4 Å². The minimum atomic E-state index is -0.527. The normalized spacial score (nSPS) is 16.6. The van der Waals surface area contributed by atoms with Crippen LogP contribution in [-0.4, -0.2) is 41.6 Å². The van der Waals surface area contributed by atoms with Crippen LogP contribution in [-0.2, 0) is 11.3 Å². The number of fused-ring (bicyclic) bond motifs is 1. The number of anilines is 1. The molecule has 1 unspecified atom stereocenters. The van der Waals surface area contributed by atoms with E-state index in [2.05, 4.69) is 16.9 Å². The minimum Gasteiger partial charge on any atom is -0.490 e. The van der Waals surface area contributed by atoms with Crippen molar-refractivity contribution in [2.45, 2.75) is 13.5 Å². The lowest BCUT2D eigenvalue weighted by Crippen LogP contribution is -2.41. The zero-order chi connectivity index (χ0) is 22.4. The highest BCUT2D eigenvalue weighted by Gasteiger charge is 2.30. The molecule has 1 aromatic carbocycles. The average molecular weight is 441 g/mol. The van der Waals surface area contributed by atoms with E-state index in [0.717, 1.165) is 5.57 Å². The number of amides is 2. The summed E-state index contributed by atoms with van der Waals surface area (Å²) < 4.78 is 7.60. The number of hydrogen-bond acceptors (Lipinski definition) is 4. The van der Waals surface area contributed by atoms with Gasteiger partial charge in [0.1, 0.15) is 18.1 Å². The maximum Gasteiger partial charge on any atom is 0.271 e. The molecule has 7 nitrogen and oxygen atoms in total. The first-order valence-corrected chi connectivity index (χ1v) is 10.2. The van der Waals surface area contributed by atoms with Gasteiger partial charge in [-0.25, -0.2) is 4.98 Å². The highest BCUT2D eigenvalue weighted by atomic mass is 35.5. The summed E-state index contributed by atoms with van der Waals surface area (Å²) in [5, 5.41) is 3.31. The summed E-state index contributed by atoms with van der Waals surface area (Å²) in [6, 6.07) is 5.13. The van der Waals surface area contributed by atoms with E-state index in [4.69, 9.17) is 16.3 Å². The molecule has 0 bridgehead atoms. The SMILES string of the molecule is C=C/C=C\C(=C/C)Cn1cnc(C(=O)NCC2COc3ccc(Cl)cc3N(C)C2=O)c1. The van der Waals surface area contributed by atoms with Crippen LogP contribution in [0.2, 0.25) is 5.02 Å². The molecule has 31 heavy (non-hydrogen) atoms. The zero-order valence-electron chi connectivity index (χ0n) is 17.5. The smallest absolute Gasteiger partial charge is 0.271 e. The summed E-state index contributed by atoms with van der Waals surface area (Å²) in [6.45, 7) is 6.49. The van der Waals surface area contributed by atoms with Crippen LogP contribution < -0.4 is 15.0 Å². The van der Waals surface area contributed by atoms with Gasteiger partial charge in [0.05, 0.1) is 17.9 Å². The van der Waals surface area contributed by atoms with Crippen molar-refractivity contribution in [1.29, 1.82) is 0 Å². The molecule has 8 heteroatoms. The first kappa shape index (κ1) is 22.4. The maximum atomic E-state index is 12.8. The van der Waals surface area contributed by atoms with Gasteiger partial charge in [0, 0.05) is 31.4 Å². The predicted molar refractivity (Wildman–Crippen MR) is 122 cm³/mol. The number of ether oxygens (including phenoxy) is 1. The third-order valence-electron chi connectivity index (χ3n) is 4.96. The largest absolute Gasteiger partial charge is 0.490 e. The Morgan fingerprint density at radius 1 is 1.45 bits per heavy atom. The summed E-state index contributed by atoms with van der Waals surface area (Å²) in [5.41, 5.74) is 1.96. The van der Waals surface area contributed by atoms with Crippen molar-refractivity contribution in [3.63, 3.8) is 0 Å². The van der Waals surface area contributed by atoms with Gasteiger partial charge in [0.25, 0.3) is 5.91 Å². The van der Waals surface area contributed by atoms with E-state index >= 15 is 0 Å². The number of imidazole rings is 1. The van der Waals surface area contributed by atoms with Crippen molar-refractivity contribution >= 4 is 29.1 Å². The quantitative estimate of drug-likeness (QED) is 0.667. The van der Waals surface area contributed by atoms with Gasteiger partial charge >= 0.3 is 0 Å². The van der Waals surface area contributed by atoms with Crippen LogP contribution in [0.4, 0.5) is 5.69 Å². The molecule has 1 atom stereocenters. The number of nitrogens with zero attached hydrogens (tertiary/aromatic N) is 3. The second-order valence-corrected chi connectivity index (χ2v) is 7.55. The van der Waals surface area contributed by atoms with E-state index in [1.54, 1.807) is 43.8 Å². The number of hydrogen-bond donors (Lipinski definition) is 1. The molecule has 0 aliphatic carbocycles. The van der Waals surface area contributed by atoms with Crippen LogP contribution in [0.5, 0.6) is 5.75 Å². The lowest BCUT2D eigenvalue weighted by molar-refractivity contribution is -0.122. The number of nitrogens with one attached hydrogen (secondary N) is 1. The molecule has 1 aliphatic heterocycles. The van der Waals surface area contributed by atoms with Gasteiger partial charge < -0.3 is 19.5 Å². The monoisotopic (exact) mass is 440 g/mol. The predicted octanol–water partition coefficient (Wildman–Crippen LogP) is 3.63. The third-order valence-corrected chi connectivity index (χ3v) is 5.19. The highest BCUT2D eigenvalue weighted by Crippen LogP contribution is 2.34. The number of rotatable bonds is 7. The first-order valence-electron chi connectivity index (χ1n) is 9.87. The number of allylic oxidation sites excluding steroid dienone is 5. The van der Waals surface area contributed by atoms with E-state index < -0.39 is 5.92 Å². The lowest BCUT2D eigenvalue weighted by Gasteiger charge is -2.19. The van der Waals surface area contributed by atoms with Gasteiger partial charge in [-0.05, 0) is 30.7 Å². The molecular weight excluding hydrogens is 416 g/mol. The minimum absolute atomic E-state index is 0.138. The van der Waals surface area contributed by atoms with Crippen molar-refractivity contribution in [3.8, 4) is 5.75 Å². The van der Waals surface area contributed by atoms with Crippen LogP contribution in [0.3, 0.4) is 0 Å². The Kier molecular flexibility index (Phi) is 7.31. The molecule has 0 spiro atoms. The molecule has 1 N–H and O–H groups in total. The van der Waals surface area contributed by atoms with E-state index in [1.165, 1.54) is 4.90 Å². The lowest BCUT2D eigenvalue weighted by atomic mass is 10.1. The van der Waals surface area contributed by atoms with E-state index in [9.17, 15) is 9.59 Å². The summed E-state index contributed by atoms with van der Waals surface area (Å²) in [6.07, 6.45) is 10.8. The van der Waals surface area contributed by atoms with Crippen LogP contribution in [0.15, 0.2) is 67.2 Å². The van der Waals surface area contributed by atoms with Crippen molar-refractivity contribution in [3.05, 3.63) is 77.9 Å². The number of carbonyl (C=O) groups excluding carboxylic acids is 2. The van der Waals surface area contributed by atoms with Crippen LogP contribution in [0, 0.1) is 5.92 Å². The highest BCUT2D eigenvalue weighted by molar-refractivity contribution is 6.31. The second-order valence-electron chi connectivity index (χ2n) is 7.12. The Labute approximate surface area is 186 Å². The number of benzene rings is 1. The molecule has 2 amide bonds. The standard InChI is InChI=1S/C23H25ClN4O3/c1-4-6-7-16(5-2)12-28-13-19(26-15-28)22(29)25-11-17-14-31-21-9-8-18(24)10-20(21)27(3)23(17)30/h4-10,13,15,17H,1,11-12,14H2,2-3H3,(H,25,29)/b7-6-,16-5+. The zero-order valence-corrected chi connectivity index (χ0v) is 18.3. The van der Waals surface area contributed by atoms with Gasteiger partial charge in [-0.3, -0.25) is 9.59 Å². The molecular formula is C23H25ClN4O3. The number of halogens is 1. The summed E-state index contributed by atoms with van der Waals surface area (Å²) in [5.74, 6) is -0.444. The molecule has 1 aromatic heterocycles. The van der Waals surface area contributed by atoms with Gasteiger partial charge in [0.15, 0.2) is 0 Å². The molecule has 162 valence electrons. The Bertz CT molecular complexity index is 1040.